The smallest absolute Gasteiger partial charge is 0.408 e. The average molecular weight is 580 g/mol. The molecule has 2 aromatic rings. The van der Waals surface area contributed by atoms with Gasteiger partial charge >= 0.3 is 12.2 Å². The molecule has 2 aromatic carbocycles. The number of hydrogen-bond donors (Lipinski definition) is 4. The minimum Gasteiger partial charge on any atom is -0.444 e. The van der Waals surface area contributed by atoms with Gasteiger partial charge in [-0.15, -0.1) is 0 Å². The molecule has 0 spiro atoms. The van der Waals surface area contributed by atoms with Crippen LogP contribution >= 0.6 is 0 Å². The van der Waals surface area contributed by atoms with E-state index in [1.54, 1.807) is 59.7 Å². The van der Waals surface area contributed by atoms with Crippen LogP contribution in [0.25, 0.3) is 10.8 Å². The lowest BCUT2D eigenvalue weighted by Gasteiger charge is -2.24. The normalized spacial score (nSPS) is 12.8. The predicted octanol–water partition coefficient (Wildman–Crippen LogP) is 2.72. The Morgan fingerprint density at radius 2 is 1.40 bits per heavy atom. The standard InChI is InChI=1S/C27H41N5O7S/c1-26(2,3)38-24(34)29-17-20(31-25(35)39-27(4,5)6)23(33)28-15-16-30-40(36,37)22-14-10-11-18-19(22)12-9-13-21(18)32(7)8/h9-14,20,30H,15-17H2,1-8H3,(H,28,33)(H,29,34)(H,31,35)/t20-/m0/s1. The molecule has 0 aromatic heterocycles. The van der Waals surface area contributed by atoms with Crippen molar-refractivity contribution in [2.75, 3.05) is 38.6 Å². The number of amides is 3. The highest BCUT2D eigenvalue weighted by molar-refractivity contribution is 7.89. The highest BCUT2D eigenvalue weighted by atomic mass is 32.2. The maximum absolute atomic E-state index is 13.1. The van der Waals surface area contributed by atoms with Crippen LogP contribution in [0.1, 0.15) is 41.5 Å². The number of hydrogen-bond acceptors (Lipinski definition) is 8. The van der Waals surface area contributed by atoms with Gasteiger partial charge in [-0.05, 0) is 53.7 Å². The van der Waals surface area contributed by atoms with E-state index in [1.165, 1.54) is 6.07 Å². The largest absolute Gasteiger partial charge is 0.444 e. The summed E-state index contributed by atoms with van der Waals surface area (Å²) in [5.41, 5.74) is -0.683. The van der Waals surface area contributed by atoms with Crippen LogP contribution in [0.4, 0.5) is 15.3 Å². The summed E-state index contributed by atoms with van der Waals surface area (Å²) >= 11 is 0. The van der Waals surface area contributed by atoms with Crippen LogP contribution in [0.3, 0.4) is 0 Å². The Balaban J connectivity index is 2.06. The third-order valence-corrected chi connectivity index (χ3v) is 6.72. The monoisotopic (exact) mass is 579 g/mol. The molecule has 0 aliphatic carbocycles. The number of nitrogens with one attached hydrogen (secondary N) is 4. The number of nitrogens with zero attached hydrogens (tertiary/aromatic N) is 1. The van der Waals surface area contributed by atoms with E-state index in [1.807, 2.05) is 31.1 Å². The molecule has 0 bridgehead atoms. The minimum atomic E-state index is -3.91. The lowest BCUT2D eigenvalue weighted by molar-refractivity contribution is -0.123. The first kappa shape index (κ1) is 32.6. The summed E-state index contributed by atoms with van der Waals surface area (Å²) in [6.45, 7) is 9.61. The number of carbonyl (C=O) groups is 3. The Hall–Kier alpha value is -3.58. The van der Waals surface area contributed by atoms with Crippen LogP contribution in [-0.4, -0.2) is 77.5 Å². The van der Waals surface area contributed by atoms with E-state index in [9.17, 15) is 22.8 Å². The van der Waals surface area contributed by atoms with E-state index in [-0.39, 0.29) is 24.5 Å². The fraction of sp³-hybridized carbons (Fsp3) is 0.519. The van der Waals surface area contributed by atoms with Crippen LogP contribution in [-0.2, 0) is 24.3 Å². The molecular formula is C27H41N5O7S. The van der Waals surface area contributed by atoms with Gasteiger partial charge in [-0.3, -0.25) is 4.79 Å². The molecule has 0 saturated heterocycles. The molecule has 0 unspecified atom stereocenters. The van der Waals surface area contributed by atoms with Crippen LogP contribution in [0.2, 0.25) is 0 Å². The first-order chi connectivity index (χ1) is 18.4. The average Bonchev–Trinajstić information content (AvgIpc) is 2.81. The van der Waals surface area contributed by atoms with Crippen molar-refractivity contribution < 1.29 is 32.3 Å². The summed E-state index contributed by atoms with van der Waals surface area (Å²) < 4.78 is 39.1. The third-order valence-electron chi connectivity index (χ3n) is 5.20. The van der Waals surface area contributed by atoms with Gasteiger partial charge in [-0.25, -0.2) is 22.7 Å². The summed E-state index contributed by atoms with van der Waals surface area (Å²) in [6, 6.07) is 9.28. The van der Waals surface area contributed by atoms with E-state index >= 15 is 0 Å². The SMILES string of the molecule is CN(C)c1cccc2c(S(=O)(=O)NCCNC(=O)[C@H](CNC(=O)OC(C)(C)C)NC(=O)OC(C)(C)C)cccc12. The van der Waals surface area contributed by atoms with Gasteiger partial charge in [0.15, 0.2) is 0 Å². The van der Waals surface area contributed by atoms with Crippen molar-refractivity contribution in [1.82, 2.24) is 20.7 Å². The van der Waals surface area contributed by atoms with Gasteiger partial charge in [-0.2, -0.15) is 0 Å². The van der Waals surface area contributed by atoms with Gasteiger partial charge in [0.2, 0.25) is 15.9 Å². The number of alkyl carbamates (subject to hydrolysis) is 2. The Labute approximate surface area is 236 Å². The molecule has 0 aliphatic heterocycles. The second-order valence-corrected chi connectivity index (χ2v) is 13.0. The molecule has 40 heavy (non-hydrogen) atoms. The van der Waals surface area contributed by atoms with Gasteiger partial charge in [0.25, 0.3) is 0 Å². The Bertz CT molecular complexity index is 1310. The van der Waals surface area contributed by atoms with Crippen molar-refractivity contribution in [3.8, 4) is 0 Å². The molecule has 12 nitrogen and oxygen atoms in total. The van der Waals surface area contributed by atoms with Gasteiger partial charge in [0, 0.05) is 43.6 Å². The molecule has 3 amide bonds. The van der Waals surface area contributed by atoms with Crippen molar-refractivity contribution in [1.29, 1.82) is 0 Å². The number of anilines is 1. The second kappa shape index (κ2) is 13.2. The quantitative estimate of drug-likeness (QED) is 0.313. The van der Waals surface area contributed by atoms with Crippen LogP contribution in [0.5, 0.6) is 0 Å². The number of carbonyl (C=O) groups excluding carboxylic acids is 3. The first-order valence-electron chi connectivity index (χ1n) is 12.8. The van der Waals surface area contributed by atoms with E-state index in [0.717, 1.165) is 11.1 Å². The fourth-order valence-corrected chi connectivity index (χ4v) is 4.87. The zero-order valence-electron chi connectivity index (χ0n) is 24.4. The summed E-state index contributed by atoms with van der Waals surface area (Å²) in [6.07, 6.45) is -1.62. The number of fused-ring (bicyclic) bond motifs is 1. The van der Waals surface area contributed by atoms with E-state index < -0.39 is 45.4 Å². The summed E-state index contributed by atoms with van der Waals surface area (Å²) in [7, 11) is -0.149. The van der Waals surface area contributed by atoms with Crippen molar-refractivity contribution >= 4 is 44.6 Å². The molecule has 4 N–H and O–H groups in total. The highest BCUT2D eigenvalue weighted by Crippen LogP contribution is 2.30. The van der Waals surface area contributed by atoms with Crippen LogP contribution in [0.15, 0.2) is 41.3 Å². The van der Waals surface area contributed by atoms with Crippen LogP contribution in [0, 0.1) is 0 Å². The lowest BCUT2D eigenvalue weighted by atomic mass is 10.1. The summed E-state index contributed by atoms with van der Waals surface area (Å²) in [5.74, 6) is -0.651. The van der Waals surface area contributed by atoms with E-state index in [0.29, 0.717) is 5.39 Å². The van der Waals surface area contributed by atoms with Gasteiger partial charge in [-0.1, -0.05) is 24.3 Å². The van der Waals surface area contributed by atoms with Gasteiger partial charge in [0.05, 0.1) is 11.4 Å². The number of ether oxygens (including phenoxy) is 2. The Kier molecular flexibility index (Phi) is 10.8. The Morgan fingerprint density at radius 3 is 2.00 bits per heavy atom. The molecule has 0 heterocycles. The second-order valence-electron chi connectivity index (χ2n) is 11.3. The fourth-order valence-electron chi connectivity index (χ4n) is 3.62. The lowest BCUT2D eigenvalue weighted by Crippen LogP contribution is -2.54. The van der Waals surface area contributed by atoms with E-state index in [4.69, 9.17) is 9.47 Å². The van der Waals surface area contributed by atoms with Crippen molar-refractivity contribution in [2.45, 2.75) is 63.7 Å². The summed E-state index contributed by atoms with van der Waals surface area (Å²) in [4.78, 5) is 39.2. The topological polar surface area (TPSA) is 155 Å². The number of rotatable bonds is 10. The third kappa shape index (κ3) is 10.2. The maximum Gasteiger partial charge on any atom is 0.408 e. The Morgan fingerprint density at radius 1 is 0.825 bits per heavy atom. The minimum absolute atomic E-state index is 0.0787. The molecule has 2 rings (SSSR count). The maximum atomic E-state index is 13.1. The first-order valence-corrected chi connectivity index (χ1v) is 14.3. The molecule has 13 heteroatoms. The highest BCUT2D eigenvalue weighted by Gasteiger charge is 2.26. The predicted molar refractivity (Wildman–Crippen MR) is 154 cm³/mol. The molecule has 1 atom stereocenters. The molecule has 0 saturated carbocycles. The number of sulfonamides is 1. The molecule has 0 aliphatic rings. The van der Waals surface area contributed by atoms with Crippen molar-refractivity contribution in [3.05, 3.63) is 36.4 Å². The van der Waals surface area contributed by atoms with Crippen LogP contribution < -0.4 is 25.6 Å². The summed E-state index contributed by atoms with van der Waals surface area (Å²) in [5, 5.41) is 8.80. The van der Waals surface area contributed by atoms with Crippen molar-refractivity contribution in [2.24, 2.45) is 0 Å². The van der Waals surface area contributed by atoms with Crippen molar-refractivity contribution in [3.63, 3.8) is 0 Å². The molecule has 222 valence electrons. The zero-order chi connectivity index (χ0) is 30.3. The number of benzene rings is 2. The van der Waals surface area contributed by atoms with E-state index in [2.05, 4.69) is 20.7 Å². The zero-order valence-corrected chi connectivity index (χ0v) is 25.2. The molecule has 0 fully saturated rings. The molecular weight excluding hydrogens is 538 g/mol. The van der Waals surface area contributed by atoms with Gasteiger partial charge < -0.3 is 30.3 Å². The van der Waals surface area contributed by atoms with Gasteiger partial charge in [0.1, 0.15) is 17.2 Å². The molecule has 0 radical (unpaired) electrons.